The molecule has 5 heteroatoms. The summed E-state index contributed by atoms with van der Waals surface area (Å²) in [5.41, 5.74) is 2.84. The second-order valence-corrected chi connectivity index (χ2v) is 5.28. The Balaban J connectivity index is 2.34. The van der Waals surface area contributed by atoms with Crippen molar-refractivity contribution in [3.8, 4) is 0 Å². The normalized spacial score (nSPS) is 10.5. The Hall–Kier alpha value is -1.88. The second-order valence-electron chi connectivity index (χ2n) is 5.28. The van der Waals surface area contributed by atoms with Gasteiger partial charge in [0.25, 0.3) is 0 Å². The highest BCUT2D eigenvalue weighted by Gasteiger charge is 2.13. The van der Waals surface area contributed by atoms with Gasteiger partial charge >= 0.3 is 11.8 Å². The van der Waals surface area contributed by atoms with E-state index in [1.54, 1.807) is 6.07 Å². The van der Waals surface area contributed by atoms with Crippen molar-refractivity contribution in [3.05, 3.63) is 29.3 Å². The Kier molecular flexibility index (Phi) is 6.88. The zero-order chi connectivity index (χ0) is 15.8. The first-order valence-corrected chi connectivity index (χ1v) is 7.18. The van der Waals surface area contributed by atoms with E-state index in [2.05, 4.69) is 10.6 Å². The van der Waals surface area contributed by atoms with Crippen LogP contribution >= 0.6 is 0 Å². The lowest BCUT2D eigenvalue weighted by Crippen LogP contribution is -2.36. The Morgan fingerprint density at radius 1 is 1.14 bits per heavy atom. The molecule has 0 unspecified atom stereocenters. The summed E-state index contributed by atoms with van der Waals surface area (Å²) in [6, 6.07) is 5.53. The van der Waals surface area contributed by atoms with E-state index in [9.17, 15) is 9.59 Å². The van der Waals surface area contributed by atoms with Crippen molar-refractivity contribution in [2.45, 2.75) is 40.2 Å². The first-order chi connectivity index (χ1) is 9.90. The molecule has 0 fully saturated rings. The SMILES string of the molecule is Cc1ccc(NC(=O)C(=O)NCCCOC(C)C)cc1C. The quantitative estimate of drug-likeness (QED) is 0.624. The minimum absolute atomic E-state index is 0.175. The molecule has 0 aliphatic rings. The van der Waals surface area contributed by atoms with E-state index in [-0.39, 0.29) is 6.10 Å². The molecule has 0 bridgehead atoms. The fourth-order valence-electron chi connectivity index (χ4n) is 1.68. The number of aryl methyl sites for hydroxylation is 2. The van der Waals surface area contributed by atoms with Crippen LogP contribution in [0, 0.1) is 13.8 Å². The monoisotopic (exact) mass is 292 g/mol. The Labute approximate surface area is 126 Å². The van der Waals surface area contributed by atoms with Crippen molar-refractivity contribution in [2.24, 2.45) is 0 Å². The molecule has 2 amide bonds. The highest BCUT2D eigenvalue weighted by molar-refractivity contribution is 6.39. The molecule has 0 aliphatic carbocycles. The molecule has 0 aliphatic heterocycles. The molecular formula is C16H24N2O3. The van der Waals surface area contributed by atoms with Crippen LogP contribution in [0.5, 0.6) is 0 Å². The fourth-order valence-corrected chi connectivity index (χ4v) is 1.68. The van der Waals surface area contributed by atoms with Crippen molar-refractivity contribution in [3.63, 3.8) is 0 Å². The zero-order valence-electron chi connectivity index (χ0n) is 13.2. The number of ether oxygens (including phenoxy) is 1. The molecule has 0 atom stereocenters. The van der Waals surface area contributed by atoms with E-state index in [4.69, 9.17) is 4.74 Å². The molecule has 0 saturated heterocycles. The first-order valence-electron chi connectivity index (χ1n) is 7.18. The standard InChI is InChI=1S/C16H24N2O3/c1-11(2)21-9-5-8-17-15(19)16(20)18-14-7-6-12(3)13(4)10-14/h6-7,10-11H,5,8-9H2,1-4H3,(H,17,19)(H,18,20). The van der Waals surface area contributed by atoms with Crippen molar-refractivity contribution in [1.82, 2.24) is 5.32 Å². The van der Waals surface area contributed by atoms with E-state index >= 15 is 0 Å². The van der Waals surface area contributed by atoms with Crippen LogP contribution in [-0.2, 0) is 14.3 Å². The summed E-state index contributed by atoms with van der Waals surface area (Å²) in [6.07, 6.45) is 0.856. The van der Waals surface area contributed by atoms with Crippen molar-refractivity contribution in [2.75, 3.05) is 18.5 Å². The van der Waals surface area contributed by atoms with Gasteiger partial charge < -0.3 is 15.4 Å². The molecular weight excluding hydrogens is 268 g/mol. The predicted octanol–water partition coefficient (Wildman–Crippen LogP) is 2.17. The van der Waals surface area contributed by atoms with E-state index < -0.39 is 11.8 Å². The van der Waals surface area contributed by atoms with Crippen molar-refractivity contribution < 1.29 is 14.3 Å². The molecule has 0 radical (unpaired) electrons. The molecule has 0 spiro atoms. The lowest BCUT2D eigenvalue weighted by atomic mass is 10.1. The van der Waals surface area contributed by atoms with Crippen LogP contribution in [0.2, 0.25) is 0 Å². The molecule has 0 saturated carbocycles. The summed E-state index contributed by atoms with van der Waals surface area (Å²) in [7, 11) is 0. The number of carbonyl (C=O) groups excluding carboxylic acids is 2. The Bertz CT molecular complexity index is 498. The third-order valence-corrected chi connectivity index (χ3v) is 3.03. The third kappa shape index (κ3) is 6.40. The predicted molar refractivity (Wildman–Crippen MR) is 83.3 cm³/mol. The Morgan fingerprint density at radius 3 is 2.48 bits per heavy atom. The average molecular weight is 292 g/mol. The van der Waals surface area contributed by atoms with Gasteiger partial charge in [-0.05, 0) is 57.4 Å². The molecule has 1 rings (SSSR count). The van der Waals surface area contributed by atoms with Crippen molar-refractivity contribution in [1.29, 1.82) is 0 Å². The van der Waals surface area contributed by atoms with Gasteiger partial charge in [-0.1, -0.05) is 6.07 Å². The summed E-state index contributed by atoms with van der Waals surface area (Å²) in [5, 5.41) is 5.16. The number of nitrogens with one attached hydrogen (secondary N) is 2. The van der Waals surface area contributed by atoms with Crippen LogP contribution in [-0.4, -0.2) is 31.1 Å². The summed E-state index contributed by atoms with van der Waals surface area (Å²) in [5.74, 6) is -1.28. The lowest BCUT2D eigenvalue weighted by molar-refractivity contribution is -0.136. The van der Waals surface area contributed by atoms with E-state index in [0.29, 0.717) is 25.3 Å². The van der Waals surface area contributed by atoms with Gasteiger partial charge in [0.15, 0.2) is 0 Å². The van der Waals surface area contributed by atoms with Crippen LogP contribution in [0.3, 0.4) is 0 Å². The van der Waals surface area contributed by atoms with Gasteiger partial charge in [0.1, 0.15) is 0 Å². The van der Waals surface area contributed by atoms with Gasteiger partial charge in [-0.3, -0.25) is 9.59 Å². The highest BCUT2D eigenvalue weighted by Crippen LogP contribution is 2.13. The number of hydrogen-bond acceptors (Lipinski definition) is 3. The summed E-state index contributed by atoms with van der Waals surface area (Å²) in [6.45, 7) is 8.85. The molecule has 21 heavy (non-hydrogen) atoms. The summed E-state index contributed by atoms with van der Waals surface area (Å²) >= 11 is 0. The van der Waals surface area contributed by atoms with Crippen LogP contribution in [0.25, 0.3) is 0 Å². The summed E-state index contributed by atoms with van der Waals surface area (Å²) < 4.78 is 5.35. The number of amides is 2. The van der Waals surface area contributed by atoms with E-state index in [0.717, 1.165) is 11.1 Å². The maximum atomic E-state index is 11.7. The smallest absolute Gasteiger partial charge is 0.313 e. The Morgan fingerprint density at radius 2 is 1.86 bits per heavy atom. The lowest BCUT2D eigenvalue weighted by Gasteiger charge is -2.09. The molecule has 1 aromatic carbocycles. The molecule has 0 heterocycles. The van der Waals surface area contributed by atoms with Gasteiger partial charge in [-0.2, -0.15) is 0 Å². The molecule has 2 N–H and O–H groups in total. The number of carbonyl (C=O) groups is 2. The zero-order valence-corrected chi connectivity index (χ0v) is 13.2. The largest absolute Gasteiger partial charge is 0.379 e. The van der Waals surface area contributed by atoms with Gasteiger partial charge in [0, 0.05) is 18.8 Å². The number of hydrogen-bond donors (Lipinski definition) is 2. The van der Waals surface area contributed by atoms with Crippen LogP contribution < -0.4 is 10.6 Å². The van der Waals surface area contributed by atoms with Crippen LogP contribution in [0.4, 0.5) is 5.69 Å². The summed E-state index contributed by atoms with van der Waals surface area (Å²) in [4.78, 5) is 23.4. The van der Waals surface area contributed by atoms with Gasteiger partial charge in [0.2, 0.25) is 0 Å². The molecule has 5 nitrogen and oxygen atoms in total. The molecule has 0 aromatic heterocycles. The van der Waals surface area contributed by atoms with Gasteiger partial charge in [0.05, 0.1) is 6.10 Å². The first kappa shape index (κ1) is 17.2. The van der Waals surface area contributed by atoms with Crippen molar-refractivity contribution >= 4 is 17.5 Å². The van der Waals surface area contributed by atoms with Crippen LogP contribution in [0.1, 0.15) is 31.4 Å². The topological polar surface area (TPSA) is 67.4 Å². The van der Waals surface area contributed by atoms with Gasteiger partial charge in [-0.25, -0.2) is 0 Å². The fraction of sp³-hybridized carbons (Fsp3) is 0.500. The van der Waals surface area contributed by atoms with E-state index in [1.165, 1.54) is 0 Å². The van der Waals surface area contributed by atoms with Crippen LogP contribution in [0.15, 0.2) is 18.2 Å². The highest BCUT2D eigenvalue weighted by atomic mass is 16.5. The number of rotatable bonds is 6. The maximum Gasteiger partial charge on any atom is 0.313 e. The van der Waals surface area contributed by atoms with E-state index in [1.807, 2.05) is 39.8 Å². The third-order valence-electron chi connectivity index (χ3n) is 3.03. The molecule has 1 aromatic rings. The average Bonchev–Trinajstić information content (AvgIpc) is 2.42. The number of benzene rings is 1. The number of anilines is 1. The minimum atomic E-state index is -0.650. The second kappa shape index (κ2) is 8.42. The maximum absolute atomic E-state index is 11.7. The van der Waals surface area contributed by atoms with Gasteiger partial charge in [-0.15, -0.1) is 0 Å². The minimum Gasteiger partial charge on any atom is -0.379 e. The molecule has 116 valence electrons.